The largest absolute Gasteiger partial charge is 0.485 e. The number of rotatable bonds is 8. The van der Waals surface area contributed by atoms with Crippen molar-refractivity contribution in [3.05, 3.63) is 89.9 Å². The Balaban J connectivity index is 1.60. The summed E-state index contributed by atoms with van der Waals surface area (Å²) in [5.74, 6) is 5.28. The molecule has 160 valence electrons. The highest BCUT2D eigenvalue weighted by atomic mass is 16.5. The topological polar surface area (TPSA) is 88.1 Å². The Bertz CT molecular complexity index is 1250. The van der Waals surface area contributed by atoms with Gasteiger partial charge in [-0.2, -0.15) is 5.10 Å². The standard InChI is InChI=1S/C26H23N3O3/c1-2-4-20(15-26(30)31)19-6-9-23(10-7-19)32-25(13-18-5-3-12-27-16-18)21-8-11-24-22(14-21)17-28-29-24/h3,5-12,14,16-17,20,25H,13,15H2,1H3,(H,28,29)(H,30,31)/t20?,25-/m0/s1. The number of ether oxygens (including phenoxy) is 1. The number of aliphatic carboxylic acids is 1. The molecule has 2 heterocycles. The van der Waals surface area contributed by atoms with E-state index in [2.05, 4.69) is 33.1 Å². The second kappa shape index (κ2) is 9.80. The Morgan fingerprint density at radius 1 is 1.12 bits per heavy atom. The van der Waals surface area contributed by atoms with E-state index in [0.29, 0.717) is 12.2 Å². The Morgan fingerprint density at radius 2 is 1.94 bits per heavy atom. The lowest BCUT2D eigenvalue weighted by molar-refractivity contribution is -0.137. The second-order valence-electron chi connectivity index (χ2n) is 7.50. The number of aromatic amines is 1. The molecule has 0 saturated heterocycles. The van der Waals surface area contributed by atoms with Crippen molar-refractivity contribution in [3.63, 3.8) is 0 Å². The predicted molar refractivity (Wildman–Crippen MR) is 122 cm³/mol. The van der Waals surface area contributed by atoms with E-state index in [1.54, 1.807) is 19.3 Å². The van der Waals surface area contributed by atoms with Gasteiger partial charge >= 0.3 is 5.97 Å². The average molecular weight is 425 g/mol. The zero-order valence-corrected chi connectivity index (χ0v) is 17.7. The Kier molecular flexibility index (Phi) is 6.47. The molecule has 0 saturated carbocycles. The first-order valence-electron chi connectivity index (χ1n) is 10.3. The molecule has 4 rings (SSSR count). The molecule has 2 aromatic heterocycles. The summed E-state index contributed by atoms with van der Waals surface area (Å²) >= 11 is 0. The molecule has 0 aliphatic rings. The van der Waals surface area contributed by atoms with Gasteiger partial charge in [-0.3, -0.25) is 14.9 Å². The number of carboxylic acids is 1. The number of H-pyrrole nitrogens is 1. The zero-order valence-electron chi connectivity index (χ0n) is 17.7. The molecule has 0 aliphatic carbocycles. The number of carboxylic acid groups (broad SMARTS) is 1. The van der Waals surface area contributed by atoms with Crippen LogP contribution in [0.2, 0.25) is 0 Å². The molecule has 0 fully saturated rings. The molecule has 2 N–H and O–H groups in total. The van der Waals surface area contributed by atoms with E-state index in [0.717, 1.165) is 27.6 Å². The number of nitrogens with one attached hydrogen (secondary N) is 1. The van der Waals surface area contributed by atoms with Crippen LogP contribution in [0.3, 0.4) is 0 Å². The smallest absolute Gasteiger partial charge is 0.304 e. The van der Waals surface area contributed by atoms with E-state index in [1.165, 1.54) is 0 Å². The Hall–Kier alpha value is -4.11. The van der Waals surface area contributed by atoms with Crippen molar-refractivity contribution in [2.24, 2.45) is 0 Å². The van der Waals surface area contributed by atoms with Gasteiger partial charge in [0.25, 0.3) is 0 Å². The minimum Gasteiger partial charge on any atom is -0.485 e. The number of nitrogens with zero attached hydrogens (tertiary/aromatic N) is 2. The van der Waals surface area contributed by atoms with Gasteiger partial charge in [0.1, 0.15) is 11.9 Å². The van der Waals surface area contributed by atoms with Crippen molar-refractivity contribution in [2.45, 2.75) is 31.8 Å². The number of benzene rings is 2. The summed E-state index contributed by atoms with van der Waals surface area (Å²) in [7, 11) is 0. The number of fused-ring (bicyclic) bond motifs is 1. The molecule has 1 unspecified atom stereocenters. The van der Waals surface area contributed by atoms with Crippen molar-refractivity contribution in [1.82, 2.24) is 15.2 Å². The van der Waals surface area contributed by atoms with Crippen molar-refractivity contribution >= 4 is 16.9 Å². The van der Waals surface area contributed by atoms with Gasteiger partial charge < -0.3 is 9.84 Å². The fourth-order valence-electron chi connectivity index (χ4n) is 3.67. The normalized spacial score (nSPS) is 12.5. The molecular formula is C26H23N3O3. The van der Waals surface area contributed by atoms with Crippen LogP contribution in [-0.4, -0.2) is 26.3 Å². The van der Waals surface area contributed by atoms with Crippen LogP contribution in [0.5, 0.6) is 5.75 Å². The third-order valence-corrected chi connectivity index (χ3v) is 5.24. The summed E-state index contributed by atoms with van der Waals surface area (Å²) in [4.78, 5) is 15.4. The highest BCUT2D eigenvalue weighted by Gasteiger charge is 2.17. The lowest BCUT2D eigenvalue weighted by Crippen LogP contribution is -2.11. The first-order valence-corrected chi connectivity index (χ1v) is 10.3. The highest BCUT2D eigenvalue weighted by Crippen LogP contribution is 2.29. The second-order valence-corrected chi connectivity index (χ2v) is 7.50. The van der Waals surface area contributed by atoms with Crippen molar-refractivity contribution < 1.29 is 14.6 Å². The van der Waals surface area contributed by atoms with Gasteiger partial charge in [0.15, 0.2) is 0 Å². The zero-order chi connectivity index (χ0) is 22.3. The maximum Gasteiger partial charge on any atom is 0.304 e. The lowest BCUT2D eigenvalue weighted by Gasteiger charge is -2.20. The summed E-state index contributed by atoms with van der Waals surface area (Å²) in [5.41, 5.74) is 3.94. The van der Waals surface area contributed by atoms with Gasteiger partial charge in [0, 0.05) is 24.2 Å². The quantitative estimate of drug-likeness (QED) is 0.392. The first-order chi connectivity index (χ1) is 15.6. The molecule has 6 nitrogen and oxygen atoms in total. The van der Waals surface area contributed by atoms with Gasteiger partial charge in [-0.05, 0) is 53.9 Å². The van der Waals surface area contributed by atoms with Crippen LogP contribution < -0.4 is 4.74 Å². The molecule has 6 heteroatoms. The van der Waals surface area contributed by atoms with Crippen LogP contribution in [0.4, 0.5) is 0 Å². The van der Waals surface area contributed by atoms with E-state index >= 15 is 0 Å². The summed E-state index contributed by atoms with van der Waals surface area (Å²) < 4.78 is 6.40. The van der Waals surface area contributed by atoms with E-state index < -0.39 is 5.97 Å². The number of hydrogen-bond donors (Lipinski definition) is 2. The molecule has 0 radical (unpaired) electrons. The predicted octanol–water partition coefficient (Wildman–Crippen LogP) is 4.90. The van der Waals surface area contributed by atoms with Crippen LogP contribution in [-0.2, 0) is 11.2 Å². The van der Waals surface area contributed by atoms with E-state index in [4.69, 9.17) is 9.84 Å². The van der Waals surface area contributed by atoms with Crippen LogP contribution in [0.15, 0.2) is 73.2 Å². The van der Waals surface area contributed by atoms with Crippen molar-refractivity contribution in [1.29, 1.82) is 0 Å². The SMILES string of the molecule is CC#CC(CC(=O)O)c1ccc(O[C@@H](Cc2cccnc2)c2ccc3[nH]ncc3c2)cc1. The van der Waals surface area contributed by atoms with Crippen LogP contribution >= 0.6 is 0 Å². The molecule has 0 aliphatic heterocycles. The van der Waals surface area contributed by atoms with Crippen LogP contribution in [0.1, 0.15) is 42.1 Å². The van der Waals surface area contributed by atoms with Gasteiger partial charge in [-0.25, -0.2) is 0 Å². The fraction of sp³-hybridized carbons (Fsp3) is 0.192. The van der Waals surface area contributed by atoms with Gasteiger partial charge in [-0.1, -0.05) is 30.2 Å². The van der Waals surface area contributed by atoms with Gasteiger partial charge in [-0.15, -0.1) is 5.92 Å². The number of aromatic nitrogens is 3. The monoisotopic (exact) mass is 425 g/mol. The maximum atomic E-state index is 11.2. The summed E-state index contributed by atoms with van der Waals surface area (Å²) in [6.07, 6.45) is 5.79. The third-order valence-electron chi connectivity index (χ3n) is 5.24. The molecular weight excluding hydrogens is 402 g/mol. The molecule has 4 aromatic rings. The summed E-state index contributed by atoms with van der Waals surface area (Å²) in [6, 6.07) is 17.6. The average Bonchev–Trinajstić information content (AvgIpc) is 3.27. The summed E-state index contributed by atoms with van der Waals surface area (Å²) in [6.45, 7) is 1.71. The van der Waals surface area contributed by atoms with E-state index in [1.807, 2.05) is 54.7 Å². The molecule has 2 atom stereocenters. The molecule has 32 heavy (non-hydrogen) atoms. The molecule has 2 aromatic carbocycles. The molecule has 0 spiro atoms. The minimum absolute atomic E-state index is 0.0324. The number of hydrogen-bond acceptors (Lipinski definition) is 4. The number of carbonyl (C=O) groups is 1. The van der Waals surface area contributed by atoms with Gasteiger partial charge in [0.2, 0.25) is 0 Å². The lowest BCUT2D eigenvalue weighted by atomic mass is 9.96. The van der Waals surface area contributed by atoms with Crippen molar-refractivity contribution in [2.75, 3.05) is 0 Å². The first kappa shape index (κ1) is 21.1. The Morgan fingerprint density at radius 3 is 2.66 bits per heavy atom. The molecule has 0 bridgehead atoms. The minimum atomic E-state index is -0.871. The van der Waals surface area contributed by atoms with E-state index in [-0.39, 0.29) is 18.4 Å². The highest BCUT2D eigenvalue weighted by molar-refractivity contribution is 5.78. The maximum absolute atomic E-state index is 11.2. The third kappa shape index (κ3) is 5.13. The van der Waals surface area contributed by atoms with E-state index in [9.17, 15) is 4.79 Å². The van der Waals surface area contributed by atoms with Crippen molar-refractivity contribution in [3.8, 4) is 17.6 Å². The van der Waals surface area contributed by atoms with Crippen LogP contribution in [0.25, 0.3) is 10.9 Å². The summed E-state index contributed by atoms with van der Waals surface area (Å²) in [5, 5.41) is 17.3. The number of pyridine rings is 1. The molecule has 0 amide bonds. The van der Waals surface area contributed by atoms with Crippen LogP contribution in [0, 0.1) is 11.8 Å². The Labute approximate surface area is 186 Å². The fourth-order valence-corrected chi connectivity index (χ4v) is 3.67. The van der Waals surface area contributed by atoms with Gasteiger partial charge in [0.05, 0.1) is 24.1 Å².